The molecular weight excluding hydrogens is 186 g/mol. The SMILES string of the molecule is Cc1ncc2c(C)cc(Cl)nc2n1. The zero-order valence-electron chi connectivity index (χ0n) is 7.37. The highest BCUT2D eigenvalue weighted by molar-refractivity contribution is 6.29. The van der Waals surface area contributed by atoms with E-state index in [2.05, 4.69) is 15.0 Å². The summed E-state index contributed by atoms with van der Waals surface area (Å²) < 4.78 is 0. The van der Waals surface area contributed by atoms with Gasteiger partial charge >= 0.3 is 0 Å². The molecule has 2 aromatic heterocycles. The van der Waals surface area contributed by atoms with E-state index < -0.39 is 0 Å². The monoisotopic (exact) mass is 193 g/mol. The molecule has 4 heteroatoms. The third-order valence-corrected chi connectivity index (χ3v) is 2.06. The number of rotatable bonds is 0. The molecule has 0 saturated carbocycles. The van der Waals surface area contributed by atoms with Gasteiger partial charge in [0.15, 0.2) is 5.65 Å². The Bertz CT molecular complexity index is 462. The van der Waals surface area contributed by atoms with Crippen LogP contribution in [0.5, 0.6) is 0 Å². The molecule has 0 unspecified atom stereocenters. The molecule has 3 nitrogen and oxygen atoms in total. The molecule has 0 atom stereocenters. The highest BCUT2D eigenvalue weighted by atomic mass is 35.5. The van der Waals surface area contributed by atoms with Crippen molar-refractivity contribution in [3.63, 3.8) is 0 Å². The van der Waals surface area contributed by atoms with Crippen molar-refractivity contribution in [1.29, 1.82) is 0 Å². The molecule has 13 heavy (non-hydrogen) atoms. The molecular formula is C9H8ClN3. The third-order valence-electron chi connectivity index (χ3n) is 1.86. The molecule has 2 heterocycles. The summed E-state index contributed by atoms with van der Waals surface area (Å²) in [4.78, 5) is 12.4. The summed E-state index contributed by atoms with van der Waals surface area (Å²) in [5, 5.41) is 1.43. The number of hydrogen-bond donors (Lipinski definition) is 0. The van der Waals surface area contributed by atoms with E-state index >= 15 is 0 Å². The van der Waals surface area contributed by atoms with Crippen molar-refractivity contribution in [2.45, 2.75) is 13.8 Å². The van der Waals surface area contributed by atoms with Crippen molar-refractivity contribution in [3.05, 3.63) is 28.8 Å². The fourth-order valence-corrected chi connectivity index (χ4v) is 1.46. The number of aromatic nitrogens is 3. The van der Waals surface area contributed by atoms with Gasteiger partial charge in [-0.05, 0) is 25.5 Å². The van der Waals surface area contributed by atoms with Crippen LogP contribution < -0.4 is 0 Å². The van der Waals surface area contributed by atoms with Crippen LogP contribution in [0.4, 0.5) is 0 Å². The summed E-state index contributed by atoms with van der Waals surface area (Å²) in [6, 6.07) is 1.81. The van der Waals surface area contributed by atoms with Crippen LogP contribution in [0.1, 0.15) is 11.4 Å². The molecule has 0 saturated heterocycles. The van der Waals surface area contributed by atoms with Gasteiger partial charge in [0.2, 0.25) is 0 Å². The van der Waals surface area contributed by atoms with Crippen molar-refractivity contribution in [2.24, 2.45) is 0 Å². The first kappa shape index (κ1) is 8.38. The highest BCUT2D eigenvalue weighted by Gasteiger charge is 2.02. The van der Waals surface area contributed by atoms with Crippen molar-refractivity contribution >= 4 is 22.6 Å². The topological polar surface area (TPSA) is 38.7 Å². The van der Waals surface area contributed by atoms with Gasteiger partial charge in [0.05, 0.1) is 0 Å². The Kier molecular flexibility index (Phi) is 1.88. The zero-order chi connectivity index (χ0) is 9.42. The lowest BCUT2D eigenvalue weighted by molar-refractivity contribution is 1.07. The molecule has 0 aromatic carbocycles. The Balaban J connectivity index is 2.86. The van der Waals surface area contributed by atoms with E-state index in [1.54, 1.807) is 6.20 Å². The summed E-state index contributed by atoms with van der Waals surface area (Å²) in [7, 11) is 0. The Morgan fingerprint density at radius 1 is 1.23 bits per heavy atom. The molecule has 2 rings (SSSR count). The van der Waals surface area contributed by atoms with Gasteiger partial charge in [-0.1, -0.05) is 11.6 Å². The minimum Gasteiger partial charge on any atom is -0.241 e. The number of halogens is 1. The lowest BCUT2D eigenvalue weighted by Crippen LogP contribution is -1.92. The van der Waals surface area contributed by atoms with E-state index in [0.29, 0.717) is 16.6 Å². The van der Waals surface area contributed by atoms with Gasteiger partial charge in [-0.25, -0.2) is 15.0 Å². The van der Waals surface area contributed by atoms with Gasteiger partial charge in [-0.2, -0.15) is 0 Å². The van der Waals surface area contributed by atoms with E-state index in [1.165, 1.54) is 0 Å². The zero-order valence-corrected chi connectivity index (χ0v) is 8.13. The minimum absolute atomic E-state index is 0.475. The fourth-order valence-electron chi connectivity index (χ4n) is 1.21. The molecule has 2 aromatic rings. The van der Waals surface area contributed by atoms with Gasteiger partial charge in [-0.3, -0.25) is 0 Å². The molecule has 0 aliphatic heterocycles. The summed E-state index contributed by atoms with van der Waals surface area (Å²) >= 11 is 5.80. The van der Waals surface area contributed by atoms with Gasteiger partial charge in [0, 0.05) is 11.6 Å². The second-order valence-electron chi connectivity index (χ2n) is 2.92. The lowest BCUT2D eigenvalue weighted by atomic mass is 10.2. The van der Waals surface area contributed by atoms with Crippen LogP contribution >= 0.6 is 11.6 Å². The van der Waals surface area contributed by atoms with E-state index in [9.17, 15) is 0 Å². The van der Waals surface area contributed by atoms with Gasteiger partial charge in [0.1, 0.15) is 11.0 Å². The molecule has 0 amide bonds. The van der Waals surface area contributed by atoms with Crippen LogP contribution in [0, 0.1) is 13.8 Å². The number of hydrogen-bond acceptors (Lipinski definition) is 3. The Morgan fingerprint density at radius 3 is 2.77 bits per heavy atom. The van der Waals surface area contributed by atoms with Crippen LogP contribution in [0.2, 0.25) is 5.15 Å². The first-order valence-corrected chi connectivity index (χ1v) is 4.31. The van der Waals surface area contributed by atoms with Crippen LogP contribution in [0.3, 0.4) is 0 Å². The average molecular weight is 194 g/mol. The summed E-state index contributed by atoms with van der Waals surface area (Å²) in [5.74, 6) is 0.710. The largest absolute Gasteiger partial charge is 0.241 e. The maximum absolute atomic E-state index is 5.80. The van der Waals surface area contributed by atoms with E-state index in [4.69, 9.17) is 11.6 Å². The second kappa shape index (κ2) is 2.92. The van der Waals surface area contributed by atoms with Crippen LogP contribution in [-0.2, 0) is 0 Å². The van der Waals surface area contributed by atoms with E-state index in [0.717, 1.165) is 10.9 Å². The van der Waals surface area contributed by atoms with Crippen LogP contribution in [-0.4, -0.2) is 15.0 Å². The maximum atomic E-state index is 5.80. The Hall–Kier alpha value is -1.22. The predicted octanol–water partition coefficient (Wildman–Crippen LogP) is 2.30. The minimum atomic E-state index is 0.475. The predicted molar refractivity (Wildman–Crippen MR) is 51.8 cm³/mol. The van der Waals surface area contributed by atoms with Crippen molar-refractivity contribution in [3.8, 4) is 0 Å². The molecule has 0 bridgehead atoms. The van der Waals surface area contributed by atoms with Crippen molar-refractivity contribution in [1.82, 2.24) is 15.0 Å². The quantitative estimate of drug-likeness (QED) is 0.603. The standard InChI is InChI=1S/C9H8ClN3/c1-5-3-8(10)13-9-7(5)4-11-6(2)12-9/h3-4H,1-2H3. The molecule has 0 N–H and O–H groups in total. The van der Waals surface area contributed by atoms with Crippen molar-refractivity contribution in [2.75, 3.05) is 0 Å². The van der Waals surface area contributed by atoms with Crippen LogP contribution in [0.15, 0.2) is 12.3 Å². The molecule has 0 fully saturated rings. The maximum Gasteiger partial charge on any atom is 0.164 e. The number of aryl methyl sites for hydroxylation is 2. The summed E-state index contributed by atoms with van der Waals surface area (Å²) in [6.07, 6.45) is 1.77. The van der Waals surface area contributed by atoms with Crippen molar-refractivity contribution < 1.29 is 0 Å². The molecule has 0 spiro atoms. The number of pyridine rings is 1. The highest BCUT2D eigenvalue weighted by Crippen LogP contribution is 2.17. The number of fused-ring (bicyclic) bond motifs is 1. The summed E-state index contributed by atoms with van der Waals surface area (Å²) in [5.41, 5.74) is 1.72. The third kappa shape index (κ3) is 1.47. The Labute approximate surface area is 80.8 Å². The smallest absolute Gasteiger partial charge is 0.164 e. The number of nitrogens with zero attached hydrogens (tertiary/aromatic N) is 3. The molecule has 0 aliphatic rings. The Morgan fingerprint density at radius 2 is 2.00 bits per heavy atom. The molecule has 0 radical (unpaired) electrons. The fraction of sp³-hybridized carbons (Fsp3) is 0.222. The van der Waals surface area contributed by atoms with Gasteiger partial charge in [-0.15, -0.1) is 0 Å². The average Bonchev–Trinajstić information content (AvgIpc) is 2.02. The van der Waals surface area contributed by atoms with Crippen LogP contribution in [0.25, 0.3) is 11.0 Å². The van der Waals surface area contributed by atoms with Gasteiger partial charge < -0.3 is 0 Å². The van der Waals surface area contributed by atoms with Gasteiger partial charge in [0.25, 0.3) is 0 Å². The summed E-state index contributed by atoms with van der Waals surface area (Å²) in [6.45, 7) is 3.80. The first-order valence-electron chi connectivity index (χ1n) is 3.93. The van der Waals surface area contributed by atoms with E-state index in [-0.39, 0.29) is 0 Å². The normalized spacial score (nSPS) is 10.7. The molecule has 0 aliphatic carbocycles. The molecule has 66 valence electrons. The lowest BCUT2D eigenvalue weighted by Gasteiger charge is -2.01. The van der Waals surface area contributed by atoms with E-state index in [1.807, 2.05) is 19.9 Å². The first-order chi connectivity index (χ1) is 6.16. The second-order valence-corrected chi connectivity index (χ2v) is 3.30.